The van der Waals surface area contributed by atoms with Crippen molar-refractivity contribution in [2.45, 2.75) is 32.1 Å². The average Bonchev–Trinajstić information content (AvgIpc) is 2.51. The molecule has 0 aromatic heterocycles. The van der Waals surface area contributed by atoms with Gasteiger partial charge in [-0.25, -0.2) is 13.1 Å². The second kappa shape index (κ2) is 7.62. The fraction of sp³-hybridized carbons (Fsp3) is 0.333. The number of sulfonamides is 1. The van der Waals surface area contributed by atoms with Gasteiger partial charge in [0.25, 0.3) is 0 Å². The van der Waals surface area contributed by atoms with Crippen molar-refractivity contribution in [3.05, 3.63) is 59.2 Å². The molecule has 4 nitrogen and oxygen atoms in total. The van der Waals surface area contributed by atoms with Crippen molar-refractivity contribution in [2.24, 2.45) is 0 Å². The molecule has 0 spiro atoms. The van der Waals surface area contributed by atoms with Gasteiger partial charge in [-0.05, 0) is 49.6 Å². The van der Waals surface area contributed by atoms with Crippen LogP contribution in [0, 0.1) is 13.8 Å². The summed E-state index contributed by atoms with van der Waals surface area (Å²) >= 11 is 0. The maximum atomic E-state index is 12.3. The number of aryl methyl sites for hydroxylation is 3. The molecule has 0 bridgehead atoms. The standard InChI is InChI=1S/C18H23NO3S/c1-4-16-6-5-7-17(13-16)22-11-10-19-23(20,21)18-9-8-14(2)12-15(18)3/h5-9,12-13,19H,4,10-11H2,1-3H3. The van der Waals surface area contributed by atoms with Crippen molar-refractivity contribution in [1.82, 2.24) is 4.72 Å². The summed E-state index contributed by atoms with van der Waals surface area (Å²) in [6.07, 6.45) is 0.941. The summed E-state index contributed by atoms with van der Waals surface area (Å²) < 4.78 is 32.8. The van der Waals surface area contributed by atoms with E-state index in [4.69, 9.17) is 4.74 Å². The average molecular weight is 333 g/mol. The molecule has 0 aliphatic heterocycles. The van der Waals surface area contributed by atoms with Crippen molar-refractivity contribution in [3.63, 3.8) is 0 Å². The number of hydrogen-bond acceptors (Lipinski definition) is 3. The molecule has 2 aromatic rings. The second-order valence-electron chi connectivity index (χ2n) is 5.52. The van der Waals surface area contributed by atoms with Crippen molar-refractivity contribution in [3.8, 4) is 5.75 Å². The fourth-order valence-corrected chi connectivity index (χ4v) is 3.62. The Balaban J connectivity index is 1.92. The molecule has 0 amide bonds. The van der Waals surface area contributed by atoms with E-state index in [2.05, 4.69) is 11.6 Å². The molecular weight excluding hydrogens is 310 g/mol. The molecule has 0 heterocycles. The summed E-state index contributed by atoms with van der Waals surface area (Å²) in [6, 6.07) is 13.1. The first-order valence-electron chi connectivity index (χ1n) is 7.71. The van der Waals surface area contributed by atoms with Gasteiger partial charge in [0.1, 0.15) is 12.4 Å². The molecule has 0 saturated heterocycles. The summed E-state index contributed by atoms with van der Waals surface area (Å²) in [4.78, 5) is 0.316. The van der Waals surface area contributed by atoms with Gasteiger partial charge >= 0.3 is 0 Å². The minimum atomic E-state index is -3.50. The Morgan fingerprint density at radius 3 is 2.57 bits per heavy atom. The zero-order valence-electron chi connectivity index (χ0n) is 13.8. The lowest BCUT2D eigenvalue weighted by molar-refractivity contribution is 0.322. The zero-order chi connectivity index (χ0) is 16.9. The van der Waals surface area contributed by atoms with Crippen molar-refractivity contribution < 1.29 is 13.2 Å². The predicted molar refractivity (Wildman–Crippen MR) is 92.4 cm³/mol. The molecule has 2 rings (SSSR count). The maximum absolute atomic E-state index is 12.3. The third-order valence-corrected chi connectivity index (χ3v) is 5.21. The Morgan fingerprint density at radius 1 is 1.09 bits per heavy atom. The van der Waals surface area contributed by atoms with Gasteiger partial charge in [0, 0.05) is 6.54 Å². The highest BCUT2D eigenvalue weighted by Crippen LogP contribution is 2.16. The number of ether oxygens (including phenoxy) is 1. The van der Waals surface area contributed by atoms with E-state index in [1.807, 2.05) is 37.3 Å². The molecule has 0 radical (unpaired) electrons. The molecule has 1 N–H and O–H groups in total. The minimum absolute atomic E-state index is 0.228. The van der Waals surface area contributed by atoms with E-state index in [0.717, 1.165) is 23.3 Å². The summed E-state index contributed by atoms with van der Waals surface area (Å²) in [7, 11) is -3.50. The van der Waals surface area contributed by atoms with Crippen LogP contribution in [0.25, 0.3) is 0 Å². The van der Waals surface area contributed by atoms with Crippen LogP contribution in [0.3, 0.4) is 0 Å². The van der Waals surface area contributed by atoms with Crippen LogP contribution in [0.1, 0.15) is 23.6 Å². The molecule has 5 heteroatoms. The van der Waals surface area contributed by atoms with Gasteiger partial charge < -0.3 is 4.74 Å². The third kappa shape index (κ3) is 4.81. The maximum Gasteiger partial charge on any atom is 0.240 e. The van der Waals surface area contributed by atoms with Gasteiger partial charge in [-0.15, -0.1) is 0 Å². The van der Waals surface area contributed by atoms with E-state index in [9.17, 15) is 8.42 Å². The van der Waals surface area contributed by atoms with E-state index < -0.39 is 10.0 Å². The Labute approximate surface area is 138 Å². The van der Waals surface area contributed by atoms with Gasteiger partial charge in [-0.3, -0.25) is 0 Å². The highest BCUT2D eigenvalue weighted by molar-refractivity contribution is 7.89. The van der Waals surface area contributed by atoms with Crippen LogP contribution in [-0.4, -0.2) is 21.6 Å². The summed E-state index contributed by atoms with van der Waals surface area (Å²) in [6.45, 7) is 6.34. The Morgan fingerprint density at radius 2 is 1.87 bits per heavy atom. The summed E-state index contributed by atoms with van der Waals surface area (Å²) in [5.41, 5.74) is 2.98. The zero-order valence-corrected chi connectivity index (χ0v) is 14.6. The van der Waals surface area contributed by atoms with Crippen LogP contribution < -0.4 is 9.46 Å². The highest BCUT2D eigenvalue weighted by Gasteiger charge is 2.15. The molecule has 23 heavy (non-hydrogen) atoms. The molecule has 0 unspecified atom stereocenters. The van der Waals surface area contributed by atoms with Gasteiger partial charge in [0.2, 0.25) is 10.0 Å². The van der Waals surface area contributed by atoms with Gasteiger partial charge in [0.05, 0.1) is 4.90 Å². The molecule has 0 saturated carbocycles. The second-order valence-corrected chi connectivity index (χ2v) is 7.25. The third-order valence-electron chi connectivity index (χ3n) is 3.59. The first-order chi connectivity index (χ1) is 10.9. The van der Waals surface area contributed by atoms with E-state index in [-0.39, 0.29) is 13.2 Å². The van der Waals surface area contributed by atoms with Crippen LogP contribution in [0.15, 0.2) is 47.4 Å². The van der Waals surface area contributed by atoms with Gasteiger partial charge in [0.15, 0.2) is 0 Å². The van der Waals surface area contributed by atoms with Crippen molar-refractivity contribution in [1.29, 1.82) is 0 Å². The highest BCUT2D eigenvalue weighted by atomic mass is 32.2. The minimum Gasteiger partial charge on any atom is -0.492 e. The van der Waals surface area contributed by atoms with Gasteiger partial charge in [-0.2, -0.15) is 0 Å². The first-order valence-corrected chi connectivity index (χ1v) is 9.19. The molecule has 2 aromatic carbocycles. The topological polar surface area (TPSA) is 55.4 Å². The van der Waals surface area contributed by atoms with Crippen molar-refractivity contribution in [2.75, 3.05) is 13.2 Å². The molecule has 0 aliphatic rings. The van der Waals surface area contributed by atoms with Gasteiger partial charge in [-0.1, -0.05) is 36.8 Å². The van der Waals surface area contributed by atoms with Crippen LogP contribution in [0.5, 0.6) is 5.75 Å². The van der Waals surface area contributed by atoms with E-state index in [0.29, 0.717) is 4.90 Å². The van der Waals surface area contributed by atoms with E-state index >= 15 is 0 Å². The number of rotatable bonds is 7. The monoisotopic (exact) mass is 333 g/mol. The SMILES string of the molecule is CCc1cccc(OCCNS(=O)(=O)c2ccc(C)cc2C)c1. The lowest BCUT2D eigenvalue weighted by Gasteiger charge is -2.11. The van der Waals surface area contributed by atoms with E-state index in [1.54, 1.807) is 19.1 Å². The molecule has 0 atom stereocenters. The lowest BCUT2D eigenvalue weighted by Crippen LogP contribution is -2.28. The number of nitrogens with one attached hydrogen (secondary N) is 1. The summed E-state index contributed by atoms with van der Waals surface area (Å²) in [5, 5.41) is 0. The van der Waals surface area contributed by atoms with Crippen LogP contribution in [-0.2, 0) is 16.4 Å². The molecule has 0 fully saturated rings. The first kappa shape index (κ1) is 17.5. The molecule has 0 aliphatic carbocycles. The van der Waals surface area contributed by atoms with E-state index in [1.165, 1.54) is 5.56 Å². The fourth-order valence-electron chi connectivity index (χ4n) is 2.38. The Kier molecular flexibility index (Phi) is 5.80. The summed E-state index contributed by atoms with van der Waals surface area (Å²) in [5.74, 6) is 0.759. The number of hydrogen-bond donors (Lipinski definition) is 1. The molecule has 124 valence electrons. The normalized spacial score (nSPS) is 11.4. The number of benzene rings is 2. The largest absolute Gasteiger partial charge is 0.492 e. The smallest absolute Gasteiger partial charge is 0.240 e. The van der Waals surface area contributed by atoms with Crippen LogP contribution in [0.4, 0.5) is 0 Å². The Bertz CT molecular complexity index is 770. The predicted octanol–water partition coefficient (Wildman–Crippen LogP) is 3.22. The molecular formula is C18H23NO3S. The Hall–Kier alpha value is -1.85. The lowest BCUT2D eigenvalue weighted by atomic mass is 10.2. The van der Waals surface area contributed by atoms with Crippen LogP contribution >= 0.6 is 0 Å². The quantitative estimate of drug-likeness (QED) is 0.792. The van der Waals surface area contributed by atoms with Crippen LogP contribution in [0.2, 0.25) is 0 Å². The van der Waals surface area contributed by atoms with Crippen molar-refractivity contribution >= 4 is 10.0 Å².